The number of ether oxygens (including phenoxy) is 2. The first-order chi connectivity index (χ1) is 13.4. The summed E-state index contributed by atoms with van der Waals surface area (Å²) in [5.74, 6) is 2.86. The number of nitrogens with zero attached hydrogens (tertiary/aromatic N) is 2. The molecule has 0 radical (unpaired) electrons. The first-order valence-electron chi connectivity index (χ1n) is 9.64. The molecule has 0 saturated heterocycles. The summed E-state index contributed by atoms with van der Waals surface area (Å²) in [6, 6.07) is 8.28. The fourth-order valence-corrected chi connectivity index (χ4v) is 3.84. The normalized spacial score (nSPS) is 17.0. The van der Waals surface area contributed by atoms with Gasteiger partial charge >= 0.3 is 0 Å². The van der Waals surface area contributed by atoms with Crippen molar-refractivity contribution < 1.29 is 9.47 Å². The number of H-pyrrole nitrogens is 1. The van der Waals surface area contributed by atoms with Gasteiger partial charge in [-0.25, -0.2) is 0 Å². The highest BCUT2D eigenvalue weighted by Gasteiger charge is 2.19. The Bertz CT molecular complexity index is 949. The minimum absolute atomic E-state index is 0.473. The predicted molar refractivity (Wildman–Crippen MR) is 105 cm³/mol. The molecule has 0 amide bonds. The quantitative estimate of drug-likeness (QED) is 0.642. The lowest BCUT2D eigenvalue weighted by molar-refractivity contribution is 0.172. The minimum atomic E-state index is 0.473. The molecule has 7 heteroatoms. The lowest BCUT2D eigenvalue weighted by atomic mass is 9.95. The van der Waals surface area contributed by atoms with Gasteiger partial charge in [-0.05, 0) is 31.0 Å². The van der Waals surface area contributed by atoms with Crippen LogP contribution in [0.4, 0.5) is 17.5 Å². The highest BCUT2D eigenvalue weighted by Crippen LogP contribution is 2.38. The third-order valence-corrected chi connectivity index (χ3v) is 5.17. The number of aromatic amines is 1. The van der Waals surface area contributed by atoms with Gasteiger partial charge in [-0.15, -0.1) is 0 Å². The molecular weight excluding hydrogens is 342 g/mol. The number of fused-ring (bicyclic) bond motifs is 2. The number of rotatable bonds is 4. The van der Waals surface area contributed by atoms with Crippen LogP contribution in [-0.2, 0) is 0 Å². The largest absolute Gasteiger partial charge is 0.486 e. The molecule has 0 spiro atoms. The summed E-state index contributed by atoms with van der Waals surface area (Å²) in [5, 5.41) is 7.95. The van der Waals surface area contributed by atoms with E-state index < -0.39 is 0 Å². The summed E-state index contributed by atoms with van der Waals surface area (Å²) < 4.78 is 11.4. The second-order valence-corrected chi connectivity index (χ2v) is 7.07. The van der Waals surface area contributed by atoms with Crippen molar-refractivity contribution in [3.05, 3.63) is 30.5 Å². The predicted octanol–water partition coefficient (Wildman–Crippen LogP) is 4.22. The van der Waals surface area contributed by atoms with Gasteiger partial charge in [-0.2, -0.15) is 9.97 Å². The van der Waals surface area contributed by atoms with Crippen molar-refractivity contribution in [3.63, 3.8) is 0 Å². The summed E-state index contributed by atoms with van der Waals surface area (Å²) in [4.78, 5) is 12.6. The van der Waals surface area contributed by atoms with Crippen LogP contribution >= 0.6 is 0 Å². The molecule has 2 aliphatic rings. The van der Waals surface area contributed by atoms with Gasteiger partial charge in [0, 0.05) is 12.2 Å². The molecule has 7 nitrogen and oxygen atoms in total. The fourth-order valence-electron chi connectivity index (χ4n) is 3.84. The average Bonchev–Trinajstić information content (AvgIpc) is 3.18. The van der Waals surface area contributed by atoms with Crippen LogP contribution in [0, 0.1) is 0 Å². The second-order valence-electron chi connectivity index (χ2n) is 7.07. The lowest BCUT2D eigenvalue weighted by Gasteiger charge is -2.24. The highest BCUT2D eigenvalue weighted by atomic mass is 16.6. The Morgan fingerprint density at radius 2 is 1.89 bits per heavy atom. The van der Waals surface area contributed by atoms with Gasteiger partial charge in [0.05, 0.1) is 11.1 Å². The van der Waals surface area contributed by atoms with Crippen molar-refractivity contribution in [1.82, 2.24) is 15.0 Å². The van der Waals surface area contributed by atoms with Gasteiger partial charge in [0.25, 0.3) is 0 Å². The first kappa shape index (κ1) is 16.2. The molecule has 1 aliphatic heterocycles. The van der Waals surface area contributed by atoms with Crippen molar-refractivity contribution >= 4 is 28.5 Å². The van der Waals surface area contributed by atoms with Crippen LogP contribution in [-0.4, -0.2) is 34.2 Å². The van der Waals surface area contributed by atoms with Crippen molar-refractivity contribution in [1.29, 1.82) is 0 Å². The van der Waals surface area contributed by atoms with Crippen molar-refractivity contribution in [2.45, 2.75) is 38.1 Å². The van der Waals surface area contributed by atoms with Crippen LogP contribution in [0.15, 0.2) is 30.5 Å². The Morgan fingerprint density at radius 3 is 2.81 bits per heavy atom. The molecule has 1 aromatic carbocycles. The van der Waals surface area contributed by atoms with E-state index in [4.69, 9.17) is 14.5 Å². The molecule has 3 heterocycles. The van der Waals surface area contributed by atoms with E-state index >= 15 is 0 Å². The van der Waals surface area contributed by atoms with Crippen LogP contribution in [0.1, 0.15) is 32.1 Å². The summed E-state index contributed by atoms with van der Waals surface area (Å²) in [5.41, 5.74) is 1.62. The number of aromatic nitrogens is 3. The van der Waals surface area contributed by atoms with Crippen LogP contribution in [0.25, 0.3) is 11.0 Å². The van der Waals surface area contributed by atoms with Crippen LogP contribution in [0.3, 0.4) is 0 Å². The lowest BCUT2D eigenvalue weighted by Crippen LogP contribution is -2.23. The Morgan fingerprint density at radius 1 is 1.00 bits per heavy atom. The number of anilines is 3. The summed E-state index contributed by atoms with van der Waals surface area (Å²) in [6.45, 7) is 1.10. The van der Waals surface area contributed by atoms with Gasteiger partial charge < -0.3 is 25.1 Å². The molecule has 1 aliphatic carbocycles. The average molecular weight is 365 g/mol. The Labute approximate surface area is 157 Å². The van der Waals surface area contributed by atoms with Crippen LogP contribution < -0.4 is 20.1 Å². The molecule has 1 fully saturated rings. The molecule has 5 rings (SSSR count). The molecular formula is C20H23N5O2. The molecule has 3 aromatic rings. The van der Waals surface area contributed by atoms with Gasteiger partial charge in [-0.3, -0.25) is 0 Å². The van der Waals surface area contributed by atoms with Gasteiger partial charge in [0.15, 0.2) is 11.5 Å². The fraction of sp³-hybridized carbons (Fsp3) is 0.400. The molecule has 27 heavy (non-hydrogen) atoms. The monoisotopic (exact) mass is 365 g/mol. The van der Waals surface area contributed by atoms with Crippen LogP contribution in [0.2, 0.25) is 0 Å². The molecule has 3 N–H and O–H groups in total. The number of para-hydroxylation sites is 1. The number of hydrogen-bond donors (Lipinski definition) is 3. The standard InChI is InChI=1S/C20H23N5O2/c1-2-5-13(6-3-1)22-19-14-9-10-21-18(14)24-20(25-19)23-15-7-4-8-16-17(15)27-12-11-26-16/h4,7-10,13H,1-3,5-6,11-12H2,(H3,21,22,23,24,25). The molecule has 2 aromatic heterocycles. The number of benzene rings is 1. The maximum absolute atomic E-state index is 5.78. The topological polar surface area (TPSA) is 84.1 Å². The zero-order valence-corrected chi connectivity index (χ0v) is 15.1. The SMILES string of the molecule is c1cc(Nc2nc(NC3CCCCC3)c3cc[nH]c3n2)c2c(c1)OCCO2. The van der Waals surface area contributed by atoms with E-state index in [-0.39, 0.29) is 0 Å². The zero-order valence-electron chi connectivity index (χ0n) is 15.1. The Kier molecular flexibility index (Phi) is 4.20. The summed E-state index contributed by atoms with van der Waals surface area (Å²) in [7, 11) is 0. The van der Waals surface area contributed by atoms with Gasteiger partial charge in [0.2, 0.25) is 5.95 Å². The maximum Gasteiger partial charge on any atom is 0.231 e. The molecule has 140 valence electrons. The first-order valence-corrected chi connectivity index (χ1v) is 9.64. The van der Waals surface area contributed by atoms with E-state index in [0.29, 0.717) is 31.0 Å². The summed E-state index contributed by atoms with van der Waals surface area (Å²) >= 11 is 0. The molecule has 0 unspecified atom stereocenters. The van der Waals surface area contributed by atoms with Gasteiger partial charge in [0.1, 0.15) is 24.7 Å². The van der Waals surface area contributed by atoms with E-state index in [2.05, 4.69) is 20.6 Å². The van der Waals surface area contributed by atoms with E-state index in [1.54, 1.807) is 0 Å². The van der Waals surface area contributed by atoms with Crippen molar-refractivity contribution in [2.75, 3.05) is 23.8 Å². The third kappa shape index (κ3) is 3.25. The third-order valence-electron chi connectivity index (χ3n) is 5.17. The summed E-state index contributed by atoms with van der Waals surface area (Å²) in [6.07, 6.45) is 8.16. The number of nitrogens with one attached hydrogen (secondary N) is 3. The van der Waals surface area contributed by atoms with E-state index in [1.807, 2.05) is 30.5 Å². The smallest absolute Gasteiger partial charge is 0.231 e. The Hall–Kier alpha value is -2.96. The van der Waals surface area contributed by atoms with Crippen molar-refractivity contribution in [2.24, 2.45) is 0 Å². The minimum Gasteiger partial charge on any atom is -0.486 e. The molecule has 0 bridgehead atoms. The van der Waals surface area contributed by atoms with E-state index in [9.17, 15) is 0 Å². The zero-order chi connectivity index (χ0) is 18.1. The van der Waals surface area contributed by atoms with E-state index in [0.717, 1.165) is 28.3 Å². The van der Waals surface area contributed by atoms with E-state index in [1.165, 1.54) is 32.1 Å². The Balaban J connectivity index is 1.47. The van der Waals surface area contributed by atoms with Crippen molar-refractivity contribution in [3.8, 4) is 11.5 Å². The highest BCUT2D eigenvalue weighted by molar-refractivity contribution is 5.88. The molecule has 1 saturated carbocycles. The number of hydrogen-bond acceptors (Lipinski definition) is 6. The maximum atomic E-state index is 5.78. The second kappa shape index (κ2) is 6.98. The van der Waals surface area contributed by atoms with Crippen LogP contribution in [0.5, 0.6) is 11.5 Å². The van der Waals surface area contributed by atoms with Gasteiger partial charge in [-0.1, -0.05) is 25.3 Å². The molecule has 0 atom stereocenters.